The number of nitrogens with zero attached hydrogens (tertiary/aromatic N) is 5. The molecule has 1 aliphatic heterocycles. The van der Waals surface area contributed by atoms with Crippen LogP contribution in [0, 0.1) is 17.0 Å². The van der Waals surface area contributed by atoms with E-state index in [0.29, 0.717) is 11.3 Å². The number of aromatic nitrogens is 3. The Hall–Kier alpha value is -4.66. The number of nitro benzene ring substituents is 1. The fraction of sp³-hybridized carbons (Fsp3) is 0.222. The second-order valence-electron chi connectivity index (χ2n) is 9.08. The molecular weight excluding hydrogens is 552 g/mol. The van der Waals surface area contributed by atoms with E-state index in [1.165, 1.54) is 15.1 Å². The maximum atomic E-state index is 13.6. The van der Waals surface area contributed by atoms with E-state index in [9.17, 15) is 23.3 Å². The molecule has 0 aliphatic carbocycles. The van der Waals surface area contributed by atoms with Crippen molar-refractivity contribution in [3.8, 4) is 17.3 Å². The third-order valence-corrected chi connectivity index (χ3v) is 8.31. The third-order valence-electron chi connectivity index (χ3n) is 6.39. The summed E-state index contributed by atoms with van der Waals surface area (Å²) in [5, 5.41) is 18.8. The molecule has 2 aromatic carbocycles. The van der Waals surface area contributed by atoms with E-state index in [-0.39, 0.29) is 55.1 Å². The molecule has 0 atom stereocenters. The zero-order valence-corrected chi connectivity index (χ0v) is 22.8. The number of benzene rings is 2. The molecule has 1 amide bonds. The number of ether oxygens (including phenoxy) is 2. The van der Waals surface area contributed by atoms with Gasteiger partial charge in [0.2, 0.25) is 15.9 Å². The highest BCUT2D eigenvalue weighted by Gasteiger charge is 2.32. The SMILES string of the molecule is Cc1c(C(=O)NCc2cccnc2)nn(-c2ccccc2)c1Oc1ccc([N+](=O)[O-])cc1S(=O)(=O)N1CCOCC1. The molecule has 0 saturated carbocycles. The van der Waals surface area contributed by atoms with Gasteiger partial charge in [-0.2, -0.15) is 14.1 Å². The standard InChI is InChI=1S/C27H26N6O7S/c1-19-25(26(34)29-18-20-6-5-11-28-17-20)30-32(21-7-3-2-4-8-21)27(19)40-23-10-9-22(33(35)36)16-24(23)41(37,38)31-12-14-39-15-13-31/h2-11,16-17H,12-15,18H2,1H3,(H,29,34). The van der Waals surface area contributed by atoms with Crippen LogP contribution in [0.2, 0.25) is 0 Å². The van der Waals surface area contributed by atoms with E-state index in [2.05, 4.69) is 15.4 Å². The molecule has 1 N–H and O–H groups in total. The molecule has 13 nitrogen and oxygen atoms in total. The van der Waals surface area contributed by atoms with Gasteiger partial charge in [-0.15, -0.1) is 0 Å². The van der Waals surface area contributed by atoms with Crippen LogP contribution in [0.1, 0.15) is 21.6 Å². The molecule has 212 valence electrons. The maximum absolute atomic E-state index is 13.6. The zero-order chi connectivity index (χ0) is 29.0. The molecule has 0 radical (unpaired) electrons. The van der Waals surface area contributed by atoms with E-state index in [1.807, 2.05) is 12.1 Å². The maximum Gasteiger partial charge on any atom is 0.272 e. The number of nitro groups is 1. The number of hydrogen-bond acceptors (Lipinski definition) is 9. The summed E-state index contributed by atoms with van der Waals surface area (Å²) in [5.41, 5.74) is 1.34. The van der Waals surface area contributed by atoms with Gasteiger partial charge in [0.25, 0.3) is 11.6 Å². The van der Waals surface area contributed by atoms with Gasteiger partial charge in [0.05, 0.1) is 23.8 Å². The highest BCUT2D eigenvalue weighted by Crippen LogP contribution is 2.37. The lowest BCUT2D eigenvalue weighted by molar-refractivity contribution is -0.385. The first-order valence-electron chi connectivity index (χ1n) is 12.6. The quantitative estimate of drug-likeness (QED) is 0.232. The number of amides is 1. The number of hydrogen-bond donors (Lipinski definition) is 1. The van der Waals surface area contributed by atoms with Crippen LogP contribution in [0.25, 0.3) is 5.69 Å². The fourth-order valence-corrected chi connectivity index (χ4v) is 5.80. The van der Waals surface area contributed by atoms with Crippen LogP contribution in [0.3, 0.4) is 0 Å². The summed E-state index contributed by atoms with van der Waals surface area (Å²) in [7, 11) is -4.20. The van der Waals surface area contributed by atoms with Gasteiger partial charge in [-0.1, -0.05) is 24.3 Å². The lowest BCUT2D eigenvalue weighted by atomic mass is 10.2. The van der Waals surface area contributed by atoms with Crippen molar-refractivity contribution in [3.63, 3.8) is 0 Å². The minimum absolute atomic E-state index is 0.0623. The Labute approximate surface area is 235 Å². The largest absolute Gasteiger partial charge is 0.437 e. The molecule has 0 spiro atoms. The molecular formula is C27H26N6O7S. The molecule has 2 aromatic heterocycles. The van der Waals surface area contributed by atoms with Crippen molar-refractivity contribution in [1.82, 2.24) is 24.4 Å². The van der Waals surface area contributed by atoms with Crippen LogP contribution in [0.15, 0.2) is 78.0 Å². The molecule has 5 rings (SSSR count). The minimum atomic E-state index is -4.20. The van der Waals surface area contributed by atoms with Crippen molar-refractivity contribution in [1.29, 1.82) is 0 Å². The van der Waals surface area contributed by atoms with Crippen LogP contribution in [0.4, 0.5) is 5.69 Å². The molecule has 1 saturated heterocycles. The summed E-state index contributed by atoms with van der Waals surface area (Å²) in [4.78, 5) is 27.7. The molecule has 3 heterocycles. The van der Waals surface area contributed by atoms with Gasteiger partial charge in [-0.3, -0.25) is 19.9 Å². The summed E-state index contributed by atoms with van der Waals surface area (Å²) in [6.45, 7) is 2.41. The molecule has 1 fully saturated rings. The lowest BCUT2D eigenvalue weighted by Gasteiger charge is -2.26. The number of para-hydroxylation sites is 1. The van der Waals surface area contributed by atoms with Crippen molar-refractivity contribution < 1.29 is 27.6 Å². The molecule has 14 heteroatoms. The number of nitrogens with one attached hydrogen (secondary N) is 1. The smallest absolute Gasteiger partial charge is 0.272 e. The predicted molar refractivity (Wildman–Crippen MR) is 146 cm³/mol. The second-order valence-corrected chi connectivity index (χ2v) is 11.0. The van der Waals surface area contributed by atoms with Gasteiger partial charge in [0.15, 0.2) is 5.69 Å². The number of rotatable bonds is 9. The first-order chi connectivity index (χ1) is 19.8. The van der Waals surface area contributed by atoms with Crippen LogP contribution in [0.5, 0.6) is 11.6 Å². The minimum Gasteiger partial charge on any atom is -0.437 e. The number of carbonyl (C=O) groups excluding carboxylic acids is 1. The number of sulfonamides is 1. The predicted octanol–water partition coefficient (Wildman–Crippen LogP) is 3.23. The van der Waals surface area contributed by atoms with Gasteiger partial charge in [-0.05, 0) is 36.8 Å². The Bertz CT molecular complexity index is 1670. The highest BCUT2D eigenvalue weighted by atomic mass is 32.2. The van der Waals surface area contributed by atoms with Gasteiger partial charge in [0.1, 0.15) is 10.6 Å². The van der Waals surface area contributed by atoms with Crippen LogP contribution >= 0.6 is 0 Å². The average molecular weight is 579 g/mol. The van der Waals surface area contributed by atoms with Gasteiger partial charge in [0, 0.05) is 49.7 Å². The average Bonchev–Trinajstić information content (AvgIpc) is 3.33. The van der Waals surface area contributed by atoms with E-state index in [4.69, 9.17) is 9.47 Å². The molecule has 41 heavy (non-hydrogen) atoms. The first-order valence-corrected chi connectivity index (χ1v) is 14.1. The van der Waals surface area contributed by atoms with Crippen LogP contribution in [-0.2, 0) is 21.3 Å². The van der Waals surface area contributed by atoms with E-state index < -0.39 is 26.5 Å². The number of non-ortho nitro benzene ring substituents is 1. The van der Waals surface area contributed by atoms with E-state index >= 15 is 0 Å². The summed E-state index contributed by atoms with van der Waals surface area (Å²) in [6, 6.07) is 15.8. The summed E-state index contributed by atoms with van der Waals surface area (Å²) in [5.74, 6) is -0.546. The highest BCUT2D eigenvalue weighted by molar-refractivity contribution is 7.89. The van der Waals surface area contributed by atoms with Gasteiger partial charge in [-0.25, -0.2) is 8.42 Å². The Balaban J connectivity index is 1.56. The summed E-state index contributed by atoms with van der Waals surface area (Å²) in [6.07, 6.45) is 3.27. The first kappa shape index (κ1) is 27.9. The van der Waals surface area contributed by atoms with Crippen molar-refractivity contribution in [2.45, 2.75) is 18.4 Å². The van der Waals surface area contributed by atoms with Crippen molar-refractivity contribution in [2.24, 2.45) is 0 Å². The zero-order valence-electron chi connectivity index (χ0n) is 22.0. The third kappa shape index (κ3) is 5.94. The number of pyridine rings is 1. The normalized spacial score (nSPS) is 14.0. The fourth-order valence-electron chi connectivity index (χ4n) is 4.26. The Kier molecular flexibility index (Phi) is 8.05. The van der Waals surface area contributed by atoms with Crippen LogP contribution < -0.4 is 10.1 Å². The summed E-state index contributed by atoms with van der Waals surface area (Å²) < 4.78 is 41.3. The topological polar surface area (TPSA) is 159 Å². The summed E-state index contributed by atoms with van der Waals surface area (Å²) >= 11 is 0. The number of carbonyl (C=O) groups is 1. The van der Waals surface area contributed by atoms with Gasteiger partial charge < -0.3 is 14.8 Å². The van der Waals surface area contributed by atoms with Crippen molar-refractivity contribution >= 4 is 21.6 Å². The van der Waals surface area contributed by atoms with E-state index in [1.54, 1.807) is 49.6 Å². The molecule has 1 aliphatic rings. The second kappa shape index (κ2) is 11.8. The molecule has 0 unspecified atom stereocenters. The molecule has 4 aromatic rings. The Morgan fingerprint density at radius 1 is 1.12 bits per heavy atom. The Morgan fingerprint density at radius 3 is 2.56 bits per heavy atom. The van der Waals surface area contributed by atoms with Crippen LogP contribution in [-0.4, -0.2) is 64.6 Å². The van der Waals surface area contributed by atoms with Crippen molar-refractivity contribution in [3.05, 3.63) is 100.0 Å². The monoisotopic (exact) mass is 578 g/mol. The molecule has 0 bridgehead atoms. The van der Waals surface area contributed by atoms with Gasteiger partial charge >= 0.3 is 0 Å². The number of morpholine rings is 1. The van der Waals surface area contributed by atoms with Crippen molar-refractivity contribution in [2.75, 3.05) is 26.3 Å². The Morgan fingerprint density at radius 2 is 1.88 bits per heavy atom. The van der Waals surface area contributed by atoms with E-state index in [0.717, 1.165) is 17.7 Å². The lowest BCUT2D eigenvalue weighted by Crippen LogP contribution is -2.40.